The predicted octanol–water partition coefficient (Wildman–Crippen LogP) is 15.9. The molecular weight excluding hydrogens is 777 g/mol. The van der Waals surface area contributed by atoms with Gasteiger partial charge in [-0.05, 0) is 123 Å². The third kappa shape index (κ3) is 5.10. The van der Waals surface area contributed by atoms with Crippen molar-refractivity contribution in [3.05, 3.63) is 265 Å². The van der Waals surface area contributed by atoms with Gasteiger partial charge in [0.15, 0.2) is 0 Å². The van der Waals surface area contributed by atoms with Crippen LogP contribution in [0.2, 0.25) is 0 Å². The fourth-order valence-corrected chi connectivity index (χ4v) is 11.0. The van der Waals surface area contributed by atoms with Gasteiger partial charge in [0, 0.05) is 44.3 Å². The molecule has 0 radical (unpaired) electrons. The maximum absolute atomic E-state index is 6.65. The number of anilines is 2. The summed E-state index contributed by atoms with van der Waals surface area (Å²) in [5.41, 5.74) is 19.0. The van der Waals surface area contributed by atoms with Crippen molar-refractivity contribution in [3.8, 4) is 27.9 Å². The summed E-state index contributed by atoms with van der Waals surface area (Å²) >= 11 is 0. The van der Waals surface area contributed by atoms with E-state index in [2.05, 4.69) is 241 Å². The first-order chi connectivity index (χ1) is 31.7. The molecule has 9 aromatic carbocycles. The molecule has 3 heteroatoms. The summed E-state index contributed by atoms with van der Waals surface area (Å²) in [5, 5.41) is 4.70. The van der Waals surface area contributed by atoms with Crippen LogP contribution in [-0.4, -0.2) is 4.57 Å². The van der Waals surface area contributed by atoms with E-state index in [0.717, 1.165) is 50.4 Å². The van der Waals surface area contributed by atoms with Gasteiger partial charge in [-0.15, -0.1) is 0 Å². The molecule has 0 saturated carbocycles. The molecule has 0 bridgehead atoms. The van der Waals surface area contributed by atoms with Gasteiger partial charge < -0.3 is 13.9 Å². The standard InChI is InChI=1S/C61H40N2O/c1-2-41(23-17-20-40-18-5-3-6-19-40)62(43-33-36-56-51(38-43)48-26-11-15-30-55(48)63(56)42-21-7-4-8-22-42)44-32-34-47-49-35-37-58-59(50-27-12-16-31-57(50)64-58)60(49)61(54(47)39-44)52-28-13-9-24-45(52)46-25-10-14-29-53(46)61/h2-39H,1H2/b20-17+,41-23+. The molecule has 0 saturated heterocycles. The lowest BCUT2D eigenvalue weighted by atomic mass is 9.69. The molecule has 13 rings (SSSR count). The number of hydrogen-bond acceptors (Lipinski definition) is 2. The van der Waals surface area contributed by atoms with Crippen molar-refractivity contribution in [1.29, 1.82) is 0 Å². The maximum atomic E-state index is 6.65. The van der Waals surface area contributed by atoms with E-state index in [1.165, 1.54) is 66.2 Å². The minimum atomic E-state index is -0.607. The Hall–Kier alpha value is -8.40. The van der Waals surface area contributed by atoms with Crippen LogP contribution >= 0.6 is 0 Å². The van der Waals surface area contributed by atoms with Crippen molar-refractivity contribution < 1.29 is 4.42 Å². The molecule has 0 atom stereocenters. The monoisotopic (exact) mass is 816 g/mol. The summed E-state index contributed by atoms with van der Waals surface area (Å²) in [7, 11) is 0. The van der Waals surface area contributed by atoms with Gasteiger partial charge in [-0.3, -0.25) is 0 Å². The SMILES string of the molecule is C=C/C(=C\C=C\c1ccccc1)N(c1ccc2c(c1)C1(c3ccccc3-c3ccccc31)c1c-2ccc2oc3ccccc3c12)c1ccc2c(c1)c1ccccc1n2-c1ccccc1. The first-order valence-corrected chi connectivity index (χ1v) is 22.0. The lowest BCUT2D eigenvalue weighted by molar-refractivity contribution is 0.668. The average molecular weight is 817 g/mol. The zero-order valence-electron chi connectivity index (χ0n) is 34.9. The molecule has 3 nitrogen and oxygen atoms in total. The van der Waals surface area contributed by atoms with Crippen LogP contribution in [0.15, 0.2) is 241 Å². The topological polar surface area (TPSA) is 21.3 Å². The summed E-state index contributed by atoms with van der Waals surface area (Å²) in [5.74, 6) is 0. The molecule has 2 aliphatic carbocycles. The fraction of sp³-hybridized carbons (Fsp3) is 0.0164. The van der Waals surface area contributed by atoms with Gasteiger partial charge in [0.2, 0.25) is 0 Å². The van der Waals surface area contributed by atoms with Gasteiger partial charge in [-0.25, -0.2) is 0 Å². The van der Waals surface area contributed by atoms with Crippen molar-refractivity contribution in [2.24, 2.45) is 0 Å². The van der Waals surface area contributed by atoms with Crippen LogP contribution in [0.25, 0.3) is 77.8 Å². The molecule has 2 aromatic heterocycles. The minimum absolute atomic E-state index is 0.607. The second-order valence-corrected chi connectivity index (χ2v) is 16.8. The maximum Gasteiger partial charge on any atom is 0.135 e. The molecule has 2 aliphatic rings. The third-order valence-corrected chi connectivity index (χ3v) is 13.6. The normalized spacial score (nSPS) is 13.5. The number of para-hydroxylation sites is 3. The van der Waals surface area contributed by atoms with E-state index < -0.39 is 5.41 Å². The third-order valence-electron chi connectivity index (χ3n) is 13.6. The highest BCUT2D eigenvalue weighted by molar-refractivity contribution is 6.14. The number of fused-ring (bicyclic) bond motifs is 17. The Bertz CT molecular complexity index is 3710. The van der Waals surface area contributed by atoms with Gasteiger partial charge in [0.05, 0.1) is 16.4 Å². The second kappa shape index (κ2) is 14.1. The van der Waals surface area contributed by atoms with E-state index in [1.807, 2.05) is 6.08 Å². The number of allylic oxidation sites excluding steroid dienone is 3. The number of nitrogens with zero attached hydrogens (tertiary/aromatic N) is 2. The van der Waals surface area contributed by atoms with Gasteiger partial charge >= 0.3 is 0 Å². The molecule has 0 N–H and O–H groups in total. The molecule has 64 heavy (non-hydrogen) atoms. The summed E-state index contributed by atoms with van der Waals surface area (Å²) in [6, 6.07) is 74.8. The molecule has 0 amide bonds. The van der Waals surface area contributed by atoms with E-state index in [0.29, 0.717) is 0 Å². The first kappa shape index (κ1) is 36.3. The summed E-state index contributed by atoms with van der Waals surface area (Å²) in [4.78, 5) is 2.38. The van der Waals surface area contributed by atoms with E-state index in [9.17, 15) is 0 Å². The second-order valence-electron chi connectivity index (χ2n) is 16.8. The van der Waals surface area contributed by atoms with Crippen molar-refractivity contribution in [3.63, 3.8) is 0 Å². The number of benzene rings is 9. The summed E-state index contributed by atoms with van der Waals surface area (Å²) in [6.07, 6.45) is 8.44. The summed E-state index contributed by atoms with van der Waals surface area (Å²) < 4.78 is 9.02. The van der Waals surface area contributed by atoms with Crippen LogP contribution in [0.5, 0.6) is 0 Å². The molecule has 0 unspecified atom stereocenters. The van der Waals surface area contributed by atoms with Crippen LogP contribution in [0.4, 0.5) is 11.4 Å². The average Bonchev–Trinajstić information content (AvgIpc) is 4.07. The smallest absolute Gasteiger partial charge is 0.135 e. The van der Waals surface area contributed by atoms with Crippen LogP contribution in [0, 0.1) is 0 Å². The summed E-state index contributed by atoms with van der Waals surface area (Å²) in [6.45, 7) is 4.45. The Labute approximate surface area is 371 Å². The molecule has 1 spiro atoms. The van der Waals surface area contributed by atoms with Crippen molar-refractivity contribution >= 4 is 61.2 Å². The highest BCUT2D eigenvalue weighted by Crippen LogP contribution is 2.65. The quantitative estimate of drug-likeness (QED) is 0.149. The Morgan fingerprint density at radius 1 is 0.500 bits per heavy atom. The number of rotatable bonds is 7. The van der Waals surface area contributed by atoms with Crippen LogP contribution in [0.3, 0.4) is 0 Å². The zero-order chi connectivity index (χ0) is 42.4. The molecule has 2 heterocycles. The zero-order valence-corrected chi connectivity index (χ0v) is 34.9. The van der Waals surface area contributed by atoms with E-state index in [-0.39, 0.29) is 0 Å². The Balaban J connectivity index is 1.09. The Morgan fingerprint density at radius 2 is 1.11 bits per heavy atom. The Kier molecular flexibility index (Phi) is 7.97. The molecule has 11 aromatic rings. The van der Waals surface area contributed by atoms with Crippen molar-refractivity contribution in [2.75, 3.05) is 4.90 Å². The highest BCUT2D eigenvalue weighted by atomic mass is 16.3. The highest BCUT2D eigenvalue weighted by Gasteiger charge is 2.53. The van der Waals surface area contributed by atoms with E-state index >= 15 is 0 Å². The minimum Gasteiger partial charge on any atom is -0.456 e. The molecule has 300 valence electrons. The molecule has 0 fully saturated rings. The van der Waals surface area contributed by atoms with Gasteiger partial charge in [-0.2, -0.15) is 0 Å². The Morgan fingerprint density at radius 3 is 1.89 bits per heavy atom. The van der Waals surface area contributed by atoms with E-state index in [4.69, 9.17) is 4.42 Å². The van der Waals surface area contributed by atoms with Crippen molar-refractivity contribution in [2.45, 2.75) is 5.41 Å². The van der Waals surface area contributed by atoms with Crippen LogP contribution in [-0.2, 0) is 5.41 Å². The molecular formula is C61H40N2O. The van der Waals surface area contributed by atoms with Gasteiger partial charge in [-0.1, -0.05) is 164 Å². The number of furan rings is 1. The predicted molar refractivity (Wildman–Crippen MR) is 267 cm³/mol. The van der Waals surface area contributed by atoms with Crippen LogP contribution < -0.4 is 4.90 Å². The fourth-order valence-electron chi connectivity index (χ4n) is 11.0. The first-order valence-electron chi connectivity index (χ1n) is 22.0. The lowest BCUT2D eigenvalue weighted by Gasteiger charge is -2.32. The lowest BCUT2D eigenvalue weighted by Crippen LogP contribution is -2.26. The number of aromatic nitrogens is 1. The number of hydrogen-bond donors (Lipinski definition) is 0. The van der Waals surface area contributed by atoms with Crippen molar-refractivity contribution in [1.82, 2.24) is 4.57 Å². The van der Waals surface area contributed by atoms with Gasteiger partial charge in [0.1, 0.15) is 11.2 Å². The van der Waals surface area contributed by atoms with E-state index in [1.54, 1.807) is 0 Å². The van der Waals surface area contributed by atoms with Gasteiger partial charge in [0.25, 0.3) is 0 Å². The largest absolute Gasteiger partial charge is 0.456 e. The molecule has 0 aliphatic heterocycles. The van der Waals surface area contributed by atoms with Crippen LogP contribution in [0.1, 0.15) is 27.8 Å².